The highest BCUT2D eigenvalue weighted by Crippen LogP contribution is 2.32. The van der Waals surface area contributed by atoms with E-state index in [1.54, 1.807) is 18.2 Å². The Morgan fingerprint density at radius 3 is 2.21 bits per heavy atom. The molecule has 0 saturated heterocycles. The van der Waals surface area contributed by atoms with Gasteiger partial charge in [0.2, 0.25) is 0 Å². The van der Waals surface area contributed by atoms with Gasteiger partial charge in [0.15, 0.2) is 5.65 Å². The summed E-state index contributed by atoms with van der Waals surface area (Å²) in [5, 5.41) is 9.63. The topological polar surface area (TPSA) is 88.1 Å². The van der Waals surface area contributed by atoms with Gasteiger partial charge < -0.3 is 14.8 Å². The molecule has 0 amide bonds. The number of benzene rings is 2. The van der Waals surface area contributed by atoms with Crippen LogP contribution in [-0.2, 0) is 4.79 Å². The van der Waals surface area contributed by atoms with E-state index in [4.69, 9.17) is 21.4 Å². The highest BCUT2D eigenvalue weighted by atomic mass is 35.5. The number of carbonyl (C=O) groups is 1. The van der Waals surface area contributed by atoms with Crippen LogP contribution in [0.1, 0.15) is 25.7 Å². The number of hydrogen-bond acceptors (Lipinski definition) is 4. The number of rotatable bonds is 5. The van der Waals surface area contributed by atoms with Crippen molar-refractivity contribution >= 4 is 28.7 Å². The van der Waals surface area contributed by atoms with Crippen LogP contribution in [0.3, 0.4) is 0 Å². The van der Waals surface area contributed by atoms with E-state index in [0.717, 1.165) is 16.7 Å². The predicted octanol–water partition coefficient (Wildman–Crippen LogP) is 6.11. The van der Waals surface area contributed by atoms with Crippen molar-refractivity contribution in [3.05, 3.63) is 65.4 Å². The number of hydrogen-bond donors (Lipinski definition) is 2. The van der Waals surface area contributed by atoms with Crippen LogP contribution >= 0.6 is 11.6 Å². The van der Waals surface area contributed by atoms with Gasteiger partial charge in [-0.1, -0.05) is 48.0 Å². The van der Waals surface area contributed by atoms with Gasteiger partial charge in [0.25, 0.3) is 6.01 Å². The minimum atomic E-state index is -0.741. The van der Waals surface area contributed by atoms with Gasteiger partial charge in [0, 0.05) is 5.56 Å². The minimum Gasteiger partial charge on any atom is -0.481 e. The number of aromatic nitrogens is 3. The molecule has 0 unspecified atom stereocenters. The van der Waals surface area contributed by atoms with E-state index in [2.05, 4.69) is 15.0 Å². The van der Waals surface area contributed by atoms with Gasteiger partial charge in [-0.2, -0.15) is 4.98 Å². The van der Waals surface area contributed by atoms with E-state index >= 15 is 0 Å². The molecular weight excluding hydrogens is 445 g/mol. The second-order valence-electron chi connectivity index (χ2n) is 8.25. The van der Waals surface area contributed by atoms with E-state index in [1.165, 1.54) is 12.1 Å². The summed E-state index contributed by atoms with van der Waals surface area (Å²) in [4.78, 5) is 23.3. The first-order chi connectivity index (χ1) is 16.0. The van der Waals surface area contributed by atoms with Gasteiger partial charge in [-0.05, 0) is 55.0 Å². The van der Waals surface area contributed by atoms with E-state index in [0.29, 0.717) is 53.6 Å². The lowest BCUT2D eigenvalue weighted by Gasteiger charge is -2.25. The summed E-state index contributed by atoms with van der Waals surface area (Å²) < 4.78 is 19.1. The number of fused-ring (bicyclic) bond motifs is 1. The maximum Gasteiger partial charge on any atom is 0.306 e. The second-order valence-corrected chi connectivity index (χ2v) is 8.65. The molecule has 2 N–H and O–H groups in total. The lowest BCUT2D eigenvalue weighted by molar-refractivity contribution is -0.143. The molecule has 1 aliphatic rings. The Labute approximate surface area is 194 Å². The van der Waals surface area contributed by atoms with Gasteiger partial charge >= 0.3 is 5.97 Å². The summed E-state index contributed by atoms with van der Waals surface area (Å²) in [7, 11) is 0. The Hall–Kier alpha value is -3.45. The van der Waals surface area contributed by atoms with Crippen LogP contribution in [0.5, 0.6) is 6.01 Å². The number of imidazole rings is 1. The normalized spacial score (nSPS) is 18.4. The molecule has 8 heteroatoms. The maximum absolute atomic E-state index is 13.2. The van der Waals surface area contributed by atoms with Gasteiger partial charge in [0.05, 0.1) is 22.2 Å². The van der Waals surface area contributed by atoms with Crippen LogP contribution in [0.25, 0.3) is 33.5 Å². The zero-order valence-electron chi connectivity index (χ0n) is 17.6. The maximum atomic E-state index is 13.2. The van der Waals surface area contributed by atoms with Crippen LogP contribution in [0.2, 0.25) is 5.02 Å². The van der Waals surface area contributed by atoms with E-state index in [9.17, 15) is 9.18 Å². The number of carboxylic acids is 1. The molecule has 6 nitrogen and oxygen atoms in total. The van der Waals surface area contributed by atoms with E-state index in [1.807, 2.05) is 24.3 Å². The lowest BCUT2D eigenvalue weighted by Crippen LogP contribution is -2.28. The molecule has 1 saturated carbocycles. The van der Waals surface area contributed by atoms with Crippen LogP contribution in [0.4, 0.5) is 4.39 Å². The first-order valence-electron chi connectivity index (χ1n) is 10.8. The van der Waals surface area contributed by atoms with Gasteiger partial charge in [0.1, 0.15) is 11.9 Å². The van der Waals surface area contributed by atoms with Crippen molar-refractivity contribution in [2.45, 2.75) is 31.8 Å². The fourth-order valence-corrected chi connectivity index (χ4v) is 4.46. The molecule has 2 aromatic carbocycles. The van der Waals surface area contributed by atoms with Gasteiger partial charge in [-0.15, -0.1) is 0 Å². The third-order valence-electron chi connectivity index (χ3n) is 6.04. The summed E-state index contributed by atoms with van der Waals surface area (Å²) in [5.74, 6) is -1.30. The quantitative estimate of drug-likeness (QED) is 0.371. The number of H-pyrrole nitrogens is 1. The fraction of sp³-hybridized carbons (Fsp3) is 0.240. The molecule has 2 aromatic heterocycles. The molecule has 168 valence electrons. The number of aliphatic carboxylic acids is 1. The summed E-state index contributed by atoms with van der Waals surface area (Å²) in [6.07, 6.45) is 2.47. The molecule has 0 spiro atoms. The largest absolute Gasteiger partial charge is 0.481 e. The number of nitrogens with one attached hydrogen (secondary N) is 1. The molecule has 0 bridgehead atoms. The fourth-order valence-electron chi connectivity index (χ4n) is 4.20. The number of halogens is 2. The smallest absolute Gasteiger partial charge is 0.306 e. The highest BCUT2D eigenvalue weighted by molar-refractivity contribution is 6.33. The average molecular weight is 466 g/mol. The molecule has 2 heterocycles. The Kier molecular flexibility index (Phi) is 5.72. The van der Waals surface area contributed by atoms with Crippen LogP contribution < -0.4 is 4.74 Å². The molecule has 1 fully saturated rings. The summed E-state index contributed by atoms with van der Waals surface area (Å²) in [6.45, 7) is 0. The third kappa shape index (κ3) is 4.54. The summed E-state index contributed by atoms with van der Waals surface area (Å²) >= 11 is 6.51. The molecule has 1 aliphatic carbocycles. The number of carboxylic acid groups (broad SMARTS) is 1. The van der Waals surface area contributed by atoms with Crippen molar-refractivity contribution in [1.82, 2.24) is 15.0 Å². The standard InChI is InChI=1S/C25H21ClFN3O3/c26-20-13-21-23(30-25(28-21)33-19-11-7-17(8-12-19)24(31)32)29-22(20)16-3-1-14(2-4-16)15-5-9-18(27)10-6-15/h1-6,9-10,13,17,19H,7-8,11-12H2,(H,31,32)(H,28,29,30). The SMILES string of the molecule is O=C(O)C1CCC(Oc2nc3nc(-c4ccc(-c5ccc(F)cc5)cc4)c(Cl)cc3[nH]2)CC1. The minimum absolute atomic E-state index is 0.0740. The Morgan fingerprint density at radius 1 is 0.970 bits per heavy atom. The molecule has 33 heavy (non-hydrogen) atoms. The summed E-state index contributed by atoms with van der Waals surface area (Å²) in [5.41, 5.74) is 4.49. The van der Waals surface area contributed by atoms with E-state index < -0.39 is 5.97 Å². The first-order valence-corrected chi connectivity index (χ1v) is 11.2. The number of aromatic amines is 1. The van der Waals surface area contributed by atoms with Crippen LogP contribution in [0, 0.1) is 11.7 Å². The van der Waals surface area contributed by atoms with Crippen molar-refractivity contribution in [2.24, 2.45) is 5.92 Å². The van der Waals surface area contributed by atoms with Crippen molar-refractivity contribution < 1.29 is 19.0 Å². The third-order valence-corrected chi connectivity index (χ3v) is 6.33. The van der Waals surface area contributed by atoms with Crippen molar-refractivity contribution in [1.29, 1.82) is 0 Å². The number of pyridine rings is 1. The highest BCUT2D eigenvalue weighted by Gasteiger charge is 2.27. The van der Waals surface area contributed by atoms with Crippen molar-refractivity contribution in [2.75, 3.05) is 0 Å². The van der Waals surface area contributed by atoms with E-state index in [-0.39, 0.29) is 17.8 Å². The lowest BCUT2D eigenvalue weighted by atomic mass is 9.87. The monoisotopic (exact) mass is 465 g/mol. The number of ether oxygens (including phenoxy) is 1. The average Bonchev–Trinajstić information content (AvgIpc) is 3.20. The molecule has 0 radical (unpaired) electrons. The molecule has 5 rings (SSSR count). The Balaban J connectivity index is 1.35. The van der Waals surface area contributed by atoms with Gasteiger partial charge in [-0.3, -0.25) is 4.79 Å². The van der Waals surface area contributed by atoms with Crippen LogP contribution in [0.15, 0.2) is 54.6 Å². The van der Waals surface area contributed by atoms with Crippen molar-refractivity contribution in [3.63, 3.8) is 0 Å². The molecule has 0 atom stereocenters. The Morgan fingerprint density at radius 2 is 1.58 bits per heavy atom. The predicted molar refractivity (Wildman–Crippen MR) is 124 cm³/mol. The zero-order chi connectivity index (χ0) is 22.9. The van der Waals surface area contributed by atoms with Gasteiger partial charge in [-0.25, -0.2) is 9.37 Å². The van der Waals surface area contributed by atoms with Crippen molar-refractivity contribution in [3.8, 4) is 28.4 Å². The first kappa shape index (κ1) is 21.4. The second kappa shape index (κ2) is 8.83. The van der Waals surface area contributed by atoms with Crippen LogP contribution in [-0.4, -0.2) is 32.1 Å². The Bertz CT molecular complexity index is 1300. The summed E-state index contributed by atoms with van der Waals surface area (Å²) in [6, 6.07) is 16.2. The molecule has 0 aliphatic heterocycles. The zero-order valence-corrected chi connectivity index (χ0v) is 18.3. The molecular formula is C25H21ClFN3O3. The molecule has 4 aromatic rings. The number of nitrogens with zero attached hydrogens (tertiary/aromatic N) is 2.